The van der Waals surface area contributed by atoms with E-state index in [1.54, 1.807) is 0 Å². The van der Waals surface area contributed by atoms with Crippen LogP contribution in [0.4, 0.5) is 74.6 Å². The third-order valence-electron chi connectivity index (χ3n) is 3.66. The van der Waals surface area contributed by atoms with E-state index in [1.165, 1.54) is 0 Å². The van der Waals surface area contributed by atoms with Gasteiger partial charge in [-0.1, -0.05) is 0 Å². The predicted octanol–water partition coefficient (Wildman–Crippen LogP) is 7.09. The Morgan fingerprint density at radius 2 is 0.875 bits per heavy atom. The van der Waals surface area contributed by atoms with E-state index in [2.05, 4.69) is 0 Å². The first kappa shape index (κ1) is 31.2. The highest BCUT2D eigenvalue weighted by molar-refractivity contribution is 14.1. The Bertz CT molecular complexity index is 693. The molecular weight excluding hydrogens is 622 g/mol. The first-order valence-corrected chi connectivity index (χ1v) is 8.48. The number of alkyl halides is 17. The lowest BCUT2D eigenvalue weighted by Gasteiger charge is -2.42. The monoisotopic (exact) mass is 630 g/mol. The average Bonchev–Trinajstić information content (AvgIpc) is 2.57. The fourth-order valence-corrected chi connectivity index (χ4v) is 2.56. The molecule has 0 aliphatic rings. The van der Waals surface area contributed by atoms with Gasteiger partial charge in [0.15, 0.2) is 0 Å². The Morgan fingerprint density at radius 1 is 0.562 bits per heavy atom. The molecule has 0 aromatic heterocycles. The van der Waals surface area contributed by atoms with E-state index in [0.29, 0.717) is 0 Å². The number of rotatable bonds is 10. The van der Waals surface area contributed by atoms with Gasteiger partial charge < -0.3 is 5.11 Å². The van der Waals surface area contributed by atoms with Gasteiger partial charge in [-0.15, -0.1) is 0 Å². The number of hydrogen-bond acceptors (Lipinski definition) is 1. The van der Waals surface area contributed by atoms with Crippen molar-refractivity contribution in [1.82, 2.24) is 0 Å². The molecule has 0 atom stereocenters. The molecule has 1 N–H and O–H groups in total. The summed E-state index contributed by atoms with van der Waals surface area (Å²) in [5, 5.41) is 8.42. The van der Waals surface area contributed by atoms with Crippen molar-refractivity contribution in [3.05, 3.63) is 9.66 Å². The quantitative estimate of drug-likeness (QED) is 0.202. The van der Waals surface area contributed by atoms with Crippen molar-refractivity contribution in [1.29, 1.82) is 0 Å². The molecule has 0 unspecified atom stereocenters. The second-order valence-corrected chi connectivity index (χ2v) is 7.37. The highest BCUT2D eigenvalue weighted by Crippen LogP contribution is 2.64. The van der Waals surface area contributed by atoms with Gasteiger partial charge in [0.2, 0.25) is 0 Å². The standard InChI is InChI=1S/C13H8F17IO/c14-6(15,4-5(31)2-1-3-32)7(16,17)8(18,19)9(20,21)10(22,23)11(24,25)12(26,27)13(28,29)30/h4,32H,1-3H2. The van der Waals surface area contributed by atoms with Gasteiger partial charge in [0.25, 0.3) is 0 Å². The van der Waals surface area contributed by atoms with Crippen LogP contribution in [0.25, 0.3) is 0 Å². The molecule has 0 radical (unpaired) electrons. The molecule has 0 heterocycles. The Hall–Kier alpha value is -0.760. The van der Waals surface area contributed by atoms with Crippen LogP contribution in [0, 0.1) is 0 Å². The Balaban J connectivity index is 6.66. The maximum absolute atomic E-state index is 13.5. The lowest BCUT2D eigenvalue weighted by atomic mass is 9.89. The largest absolute Gasteiger partial charge is 0.460 e. The van der Waals surface area contributed by atoms with Crippen molar-refractivity contribution in [2.45, 2.75) is 60.5 Å². The highest BCUT2D eigenvalue weighted by Gasteiger charge is 2.95. The Kier molecular flexibility index (Phi) is 8.58. The molecule has 0 saturated carbocycles. The predicted molar refractivity (Wildman–Crippen MR) is 79.1 cm³/mol. The second kappa shape index (κ2) is 8.79. The summed E-state index contributed by atoms with van der Waals surface area (Å²) in [4.78, 5) is 0. The van der Waals surface area contributed by atoms with Crippen LogP contribution in [0.2, 0.25) is 0 Å². The fraction of sp³-hybridized carbons (Fsp3) is 0.846. The number of aliphatic hydroxyl groups excluding tert-OH is 1. The van der Waals surface area contributed by atoms with E-state index in [0.717, 1.165) is 22.6 Å². The second-order valence-electron chi connectivity index (χ2n) is 5.99. The maximum Gasteiger partial charge on any atom is 0.460 e. The van der Waals surface area contributed by atoms with Crippen molar-refractivity contribution < 1.29 is 79.7 Å². The summed E-state index contributed by atoms with van der Waals surface area (Å²) in [6.45, 7) is -0.786. The van der Waals surface area contributed by atoms with Crippen molar-refractivity contribution in [3.63, 3.8) is 0 Å². The van der Waals surface area contributed by atoms with Gasteiger partial charge in [-0.3, -0.25) is 0 Å². The van der Waals surface area contributed by atoms with Crippen LogP contribution in [-0.4, -0.2) is 59.3 Å². The minimum atomic E-state index is -8.63. The molecule has 0 rings (SSSR count). The normalized spacial score (nSPS) is 16.5. The molecule has 19 heteroatoms. The third-order valence-corrected chi connectivity index (χ3v) is 4.51. The van der Waals surface area contributed by atoms with E-state index in [-0.39, 0.29) is 0 Å². The molecular formula is C13H8F17IO. The molecule has 192 valence electrons. The van der Waals surface area contributed by atoms with Gasteiger partial charge in [-0.25, -0.2) is 0 Å². The van der Waals surface area contributed by atoms with Gasteiger partial charge in [-0.05, 0) is 39.0 Å². The van der Waals surface area contributed by atoms with Crippen LogP contribution < -0.4 is 0 Å². The summed E-state index contributed by atoms with van der Waals surface area (Å²) >= 11 is 0.739. The highest BCUT2D eigenvalue weighted by atomic mass is 127. The summed E-state index contributed by atoms with van der Waals surface area (Å²) in [5.74, 6) is -56.4. The molecule has 0 aromatic rings. The molecule has 0 amide bonds. The lowest BCUT2D eigenvalue weighted by Crippen LogP contribution is -2.74. The lowest BCUT2D eigenvalue weighted by molar-refractivity contribution is -0.459. The molecule has 0 aromatic carbocycles. The van der Waals surface area contributed by atoms with E-state index >= 15 is 0 Å². The van der Waals surface area contributed by atoms with Gasteiger partial charge in [-0.2, -0.15) is 74.6 Å². The first-order chi connectivity index (χ1) is 13.7. The average molecular weight is 630 g/mol. The van der Waals surface area contributed by atoms with E-state index in [9.17, 15) is 74.6 Å². The number of hydrogen-bond donors (Lipinski definition) is 1. The van der Waals surface area contributed by atoms with Crippen molar-refractivity contribution in [3.8, 4) is 0 Å². The molecule has 0 bridgehead atoms. The molecule has 0 saturated heterocycles. The fourth-order valence-electron chi connectivity index (χ4n) is 1.78. The first-order valence-electron chi connectivity index (χ1n) is 7.40. The van der Waals surface area contributed by atoms with Crippen LogP contribution in [0.3, 0.4) is 0 Å². The number of aliphatic hydroxyl groups is 1. The minimum Gasteiger partial charge on any atom is -0.396 e. The van der Waals surface area contributed by atoms with E-state index in [1.807, 2.05) is 0 Å². The zero-order chi connectivity index (χ0) is 26.4. The van der Waals surface area contributed by atoms with Crippen molar-refractivity contribution >= 4 is 22.6 Å². The molecule has 0 aliphatic carbocycles. The van der Waals surface area contributed by atoms with Gasteiger partial charge >= 0.3 is 47.6 Å². The Morgan fingerprint density at radius 3 is 1.19 bits per heavy atom. The zero-order valence-electron chi connectivity index (χ0n) is 14.4. The van der Waals surface area contributed by atoms with Crippen LogP contribution in [-0.2, 0) is 0 Å². The molecule has 1 nitrogen and oxygen atoms in total. The smallest absolute Gasteiger partial charge is 0.396 e. The van der Waals surface area contributed by atoms with Crippen LogP contribution in [0.1, 0.15) is 12.8 Å². The topological polar surface area (TPSA) is 20.2 Å². The van der Waals surface area contributed by atoms with Crippen molar-refractivity contribution in [2.75, 3.05) is 6.61 Å². The summed E-state index contributed by atoms with van der Waals surface area (Å²) in [5.41, 5.74) is 0. The summed E-state index contributed by atoms with van der Waals surface area (Å²) in [6, 6.07) is 0. The zero-order valence-corrected chi connectivity index (χ0v) is 16.6. The number of halogens is 18. The molecule has 32 heavy (non-hydrogen) atoms. The van der Waals surface area contributed by atoms with Gasteiger partial charge in [0, 0.05) is 12.7 Å². The van der Waals surface area contributed by atoms with Crippen LogP contribution in [0.5, 0.6) is 0 Å². The number of allylic oxidation sites excluding steroid dienone is 2. The van der Waals surface area contributed by atoms with Gasteiger partial charge in [0.05, 0.1) is 0 Å². The Labute approximate surface area is 179 Å². The van der Waals surface area contributed by atoms with Crippen LogP contribution in [0.15, 0.2) is 9.66 Å². The summed E-state index contributed by atoms with van der Waals surface area (Å²) in [6.07, 6.45) is -10.2. The molecule has 0 fully saturated rings. The third kappa shape index (κ3) is 4.59. The minimum absolute atomic E-state index is 0.486. The summed E-state index contributed by atoms with van der Waals surface area (Å²) in [7, 11) is 0. The van der Waals surface area contributed by atoms with Crippen LogP contribution >= 0.6 is 22.6 Å². The van der Waals surface area contributed by atoms with E-state index < -0.39 is 76.7 Å². The molecule has 0 aliphatic heterocycles. The van der Waals surface area contributed by atoms with E-state index in [4.69, 9.17) is 5.11 Å². The summed E-state index contributed by atoms with van der Waals surface area (Å²) < 4.78 is 221. The van der Waals surface area contributed by atoms with Gasteiger partial charge in [0.1, 0.15) is 0 Å². The molecule has 0 spiro atoms. The SMILES string of the molecule is OCCCC(I)=CC(F)(F)C(F)(F)C(F)(F)C(F)(F)C(F)(F)C(F)(F)C(F)(F)C(F)(F)F. The van der Waals surface area contributed by atoms with Crippen molar-refractivity contribution in [2.24, 2.45) is 0 Å². The maximum atomic E-state index is 13.5.